The molecule has 0 atom stereocenters. The van der Waals surface area contributed by atoms with Gasteiger partial charge in [0.1, 0.15) is 12.6 Å². The molecule has 426 valence electrons. The molecule has 0 aromatic heterocycles. The SMILES string of the molecule is CC/C=C\CCCCCCCC.CCCCCC(=O)NCCN(C)CCCN(CCC=O)CCC=O.COCCCCCCSSCCCC(C)(C)C.COCCCCCCSSCCCCC(C)(C)C. The molecular formula is C59H121N3O5S4. The normalized spacial score (nSPS) is 11.5. The van der Waals surface area contributed by atoms with Gasteiger partial charge in [0, 0.05) is 95.9 Å². The van der Waals surface area contributed by atoms with Crippen LogP contribution in [0.15, 0.2) is 12.2 Å². The largest absolute Gasteiger partial charge is 0.385 e. The number of hydrogen-bond acceptors (Lipinski definition) is 11. The molecule has 0 heterocycles. The van der Waals surface area contributed by atoms with E-state index in [4.69, 9.17) is 9.47 Å². The first kappa shape index (κ1) is 77.3. The van der Waals surface area contributed by atoms with E-state index in [1.54, 1.807) is 14.2 Å². The summed E-state index contributed by atoms with van der Waals surface area (Å²) in [6, 6.07) is 0. The molecule has 0 rings (SSSR count). The Hall–Kier alpha value is -0.210. The van der Waals surface area contributed by atoms with Gasteiger partial charge in [-0.15, -0.1) is 0 Å². The average Bonchev–Trinajstić information content (AvgIpc) is 3.32. The van der Waals surface area contributed by atoms with E-state index in [-0.39, 0.29) is 5.91 Å². The second kappa shape index (κ2) is 64.1. The van der Waals surface area contributed by atoms with Gasteiger partial charge in [-0.05, 0) is 114 Å². The maximum atomic E-state index is 11.6. The van der Waals surface area contributed by atoms with Crippen LogP contribution < -0.4 is 5.32 Å². The number of unbranched alkanes of at least 4 members (excludes halogenated alkanes) is 15. The van der Waals surface area contributed by atoms with E-state index in [1.165, 1.54) is 158 Å². The van der Waals surface area contributed by atoms with Crippen molar-refractivity contribution in [3.8, 4) is 0 Å². The molecule has 8 nitrogen and oxygen atoms in total. The van der Waals surface area contributed by atoms with Gasteiger partial charge in [0.05, 0.1) is 0 Å². The number of carbonyl (C=O) groups is 3. The zero-order valence-electron chi connectivity index (χ0n) is 49.2. The lowest BCUT2D eigenvalue weighted by Crippen LogP contribution is -2.35. The van der Waals surface area contributed by atoms with Crippen LogP contribution in [0.2, 0.25) is 0 Å². The maximum absolute atomic E-state index is 11.6. The van der Waals surface area contributed by atoms with Gasteiger partial charge in [-0.1, -0.05) is 195 Å². The zero-order chi connectivity index (χ0) is 53.8. The predicted octanol–water partition coefficient (Wildman–Crippen LogP) is 17.4. The van der Waals surface area contributed by atoms with Crippen LogP contribution >= 0.6 is 43.2 Å². The van der Waals surface area contributed by atoms with Gasteiger partial charge in [-0.3, -0.25) is 4.79 Å². The minimum absolute atomic E-state index is 0.144. The van der Waals surface area contributed by atoms with Crippen LogP contribution in [-0.2, 0) is 23.9 Å². The summed E-state index contributed by atoms with van der Waals surface area (Å²) < 4.78 is 10.1. The Kier molecular flexibility index (Phi) is 69.8. The van der Waals surface area contributed by atoms with Crippen molar-refractivity contribution in [3.05, 3.63) is 12.2 Å². The fourth-order valence-electron chi connectivity index (χ4n) is 7.05. The number of likely N-dealkylation sites (N-methyl/N-ethyl adjacent to an activating group) is 1. The highest BCUT2D eigenvalue weighted by molar-refractivity contribution is 8.77. The van der Waals surface area contributed by atoms with E-state index in [0.717, 1.165) is 84.2 Å². The number of hydrogen-bond donors (Lipinski definition) is 1. The Morgan fingerprint density at radius 1 is 0.493 bits per heavy atom. The molecule has 0 aliphatic rings. The highest BCUT2D eigenvalue weighted by Gasteiger charge is 2.10. The number of ether oxygens (including phenoxy) is 2. The highest BCUT2D eigenvalue weighted by Crippen LogP contribution is 2.28. The standard InChI is InChI=1S/C18H35N3O3.C15H32OS2.C14H30OS2.C12H24/c1-3-4-5-9-18(24)19-10-15-20(2)11-6-12-21(13-7-16-22)14-8-17-23;1-15(2,3)11-7-10-14-18-17-13-9-6-5-8-12-16-4;1-14(2,3)10-9-13-17-16-12-8-6-5-7-11-15-4;1-3-5-7-9-11-12-10-8-6-4-2/h16-17H,3-15H2,1-2H3,(H,19,24);5-14H2,1-4H3;5-13H2,1-4H3;5,7H,3-4,6,8-12H2,1-2H3/b;;;7-5-. The van der Waals surface area contributed by atoms with Crippen LogP contribution in [-0.4, -0.2) is 125 Å². The molecule has 0 saturated heterocycles. The number of carbonyl (C=O) groups excluding carboxylic acids is 3. The maximum Gasteiger partial charge on any atom is 0.220 e. The second-order valence-corrected chi connectivity index (χ2v) is 26.8. The van der Waals surface area contributed by atoms with Crippen molar-refractivity contribution in [2.24, 2.45) is 10.8 Å². The molecule has 71 heavy (non-hydrogen) atoms. The van der Waals surface area contributed by atoms with Gasteiger partial charge in [-0.2, -0.15) is 0 Å². The molecule has 1 amide bonds. The molecule has 12 heteroatoms. The van der Waals surface area contributed by atoms with E-state index in [2.05, 4.69) is 133 Å². The van der Waals surface area contributed by atoms with E-state index in [9.17, 15) is 14.4 Å². The first-order valence-electron chi connectivity index (χ1n) is 28.8. The molecule has 0 fully saturated rings. The molecule has 0 spiro atoms. The van der Waals surface area contributed by atoms with Crippen LogP contribution in [0.25, 0.3) is 0 Å². The lowest BCUT2D eigenvalue weighted by Gasteiger charge is -2.22. The molecule has 0 aliphatic heterocycles. The topological polar surface area (TPSA) is 88.2 Å². The Bertz CT molecular complexity index is 1060. The van der Waals surface area contributed by atoms with Crippen molar-refractivity contribution in [1.82, 2.24) is 15.1 Å². The number of allylic oxidation sites excluding steroid dienone is 2. The molecule has 0 aliphatic carbocycles. The zero-order valence-corrected chi connectivity index (χ0v) is 52.4. The monoisotopic (exact) mass is 1080 g/mol. The van der Waals surface area contributed by atoms with E-state index in [0.29, 0.717) is 36.6 Å². The van der Waals surface area contributed by atoms with Crippen LogP contribution in [0.5, 0.6) is 0 Å². The summed E-state index contributed by atoms with van der Waals surface area (Å²) in [5, 5.41) is 2.96. The Morgan fingerprint density at radius 2 is 0.944 bits per heavy atom. The van der Waals surface area contributed by atoms with Gasteiger partial charge in [-0.25, -0.2) is 0 Å². The summed E-state index contributed by atoms with van der Waals surface area (Å²) in [7, 11) is 13.8. The molecule has 0 radical (unpaired) electrons. The third-order valence-corrected chi connectivity index (χ3v) is 16.6. The highest BCUT2D eigenvalue weighted by atomic mass is 33.1. The van der Waals surface area contributed by atoms with Crippen molar-refractivity contribution in [2.75, 3.05) is 96.8 Å². The van der Waals surface area contributed by atoms with Crippen molar-refractivity contribution < 1.29 is 23.9 Å². The number of nitrogens with zero attached hydrogens (tertiary/aromatic N) is 2. The minimum atomic E-state index is 0.144. The Morgan fingerprint density at radius 3 is 1.44 bits per heavy atom. The van der Waals surface area contributed by atoms with E-state index >= 15 is 0 Å². The van der Waals surface area contributed by atoms with Crippen LogP contribution in [0.3, 0.4) is 0 Å². The number of nitrogens with one attached hydrogen (secondary N) is 1. The number of methoxy groups -OCH3 is 2. The Labute approximate surface area is 459 Å². The fourth-order valence-corrected chi connectivity index (χ4v) is 11.6. The second-order valence-electron chi connectivity index (χ2n) is 21.4. The Balaban J connectivity index is -0.000000433. The van der Waals surface area contributed by atoms with Crippen LogP contribution in [0.1, 0.15) is 242 Å². The summed E-state index contributed by atoms with van der Waals surface area (Å²) in [5.74, 6) is 5.41. The lowest BCUT2D eigenvalue weighted by molar-refractivity contribution is -0.121. The number of rotatable bonds is 48. The number of aldehydes is 2. The molecule has 1 N–H and O–H groups in total. The van der Waals surface area contributed by atoms with Crippen LogP contribution in [0, 0.1) is 10.8 Å². The molecule has 0 aromatic rings. The molecule has 0 unspecified atom stereocenters. The predicted molar refractivity (Wildman–Crippen MR) is 327 cm³/mol. The quantitative estimate of drug-likeness (QED) is 0.0274. The first-order valence-corrected chi connectivity index (χ1v) is 33.8. The van der Waals surface area contributed by atoms with Crippen LogP contribution in [0.4, 0.5) is 0 Å². The van der Waals surface area contributed by atoms with E-state index < -0.39 is 0 Å². The summed E-state index contributed by atoms with van der Waals surface area (Å²) in [6.07, 6.45) is 40.6. The molecule has 0 aromatic carbocycles. The van der Waals surface area contributed by atoms with Gasteiger partial charge < -0.3 is 34.2 Å². The lowest BCUT2D eigenvalue weighted by atomic mass is 9.90. The van der Waals surface area contributed by atoms with E-state index in [1.807, 2.05) is 7.05 Å². The third-order valence-electron chi connectivity index (χ3n) is 11.5. The van der Waals surface area contributed by atoms with Gasteiger partial charge >= 0.3 is 0 Å². The first-order chi connectivity index (χ1) is 34.2. The summed E-state index contributed by atoms with van der Waals surface area (Å²) in [5.41, 5.74) is 1.02. The smallest absolute Gasteiger partial charge is 0.220 e. The number of amides is 1. The van der Waals surface area contributed by atoms with Crippen molar-refractivity contribution in [2.45, 2.75) is 242 Å². The molecule has 0 bridgehead atoms. The average molecular weight is 1080 g/mol. The third kappa shape index (κ3) is 81.3. The fraction of sp³-hybridized carbons (Fsp3) is 0.915. The van der Waals surface area contributed by atoms with Crippen molar-refractivity contribution >= 4 is 61.7 Å². The van der Waals surface area contributed by atoms with Gasteiger partial charge in [0.15, 0.2) is 0 Å². The minimum Gasteiger partial charge on any atom is -0.385 e. The van der Waals surface area contributed by atoms with Crippen molar-refractivity contribution in [1.29, 1.82) is 0 Å². The summed E-state index contributed by atoms with van der Waals surface area (Å²) in [4.78, 5) is 36.9. The molecule has 0 saturated carbocycles. The van der Waals surface area contributed by atoms with Gasteiger partial charge in [0.25, 0.3) is 0 Å². The summed E-state index contributed by atoms with van der Waals surface area (Å²) in [6.45, 7) is 27.2. The molecular weight excluding hydrogens is 959 g/mol. The van der Waals surface area contributed by atoms with Gasteiger partial charge in [0.2, 0.25) is 5.91 Å². The summed E-state index contributed by atoms with van der Waals surface area (Å²) >= 11 is 0. The van der Waals surface area contributed by atoms with Crippen molar-refractivity contribution in [3.63, 3.8) is 0 Å².